The van der Waals surface area contributed by atoms with E-state index in [1.54, 1.807) is 4.90 Å². The highest BCUT2D eigenvalue weighted by atomic mass is 28.4. The Bertz CT molecular complexity index is 1380. The zero-order chi connectivity index (χ0) is 32.2. The van der Waals surface area contributed by atoms with E-state index in [9.17, 15) is 19.2 Å². The van der Waals surface area contributed by atoms with Crippen LogP contribution in [-0.2, 0) is 9.59 Å². The van der Waals surface area contributed by atoms with Crippen LogP contribution < -0.4 is 9.33 Å². The van der Waals surface area contributed by atoms with Crippen LogP contribution in [0.15, 0.2) is 24.4 Å². The van der Waals surface area contributed by atoms with Gasteiger partial charge in [-0.3, -0.25) is 29.1 Å². The summed E-state index contributed by atoms with van der Waals surface area (Å²) in [6.45, 7) is 15.3. The molecule has 0 spiro atoms. The fourth-order valence-corrected chi connectivity index (χ4v) is 11.8. The molecule has 0 saturated heterocycles. The molecular formula is C32H47N5O5Si. The predicted molar refractivity (Wildman–Crippen MR) is 172 cm³/mol. The van der Waals surface area contributed by atoms with Gasteiger partial charge < -0.3 is 14.2 Å². The average molecular weight is 610 g/mol. The molecule has 234 valence electrons. The molecule has 2 aromatic rings. The van der Waals surface area contributed by atoms with Gasteiger partial charge in [0, 0.05) is 45.5 Å². The first kappa shape index (κ1) is 33.9. The SMILES string of the molecule is CCN(C(=O)c1nc(N(C)C(=O)C(=O)N(C)C)c2c(C=O)ccnc2c1O[Si](C(C)C)(C(C)C)C(C)C)C1CC=CCC1. The van der Waals surface area contributed by atoms with E-state index >= 15 is 0 Å². The Balaban J connectivity index is 2.46. The standard InChI is InChI=1S/C32H47N5O5Si/c1-11-37(24-15-13-12-14-16-24)30(39)27-28(42-43(20(2)3,21(4)5)22(6)7)26-25(23(19-38)17-18-33-26)29(34-27)36(10)32(41)31(40)35(8)9/h12-13,17-22,24H,11,14-16H2,1-10H3. The molecule has 2 aromatic heterocycles. The highest BCUT2D eigenvalue weighted by Crippen LogP contribution is 2.46. The number of pyridine rings is 2. The largest absolute Gasteiger partial charge is 0.540 e. The van der Waals surface area contributed by atoms with E-state index in [2.05, 4.69) is 58.7 Å². The van der Waals surface area contributed by atoms with E-state index in [4.69, 9.17) is 9.41 Å². The topological polar surface area (TPSA) is 113 Å². The van der Waals surface area contributed by atoms with Gasteiger partial charge in [0.1, 0.15) is 11.3 Å². The lowest BCUT2D eigenvalue weighted by Crippen LogP contribution is -2.51. The second kappa shape index (κ2) is 13.8. The minimum atomic E-state index is -2.67. The van der Waals surface area contributed by atoms with Gasteiger partial charge in [-0.25, -0.2) is 4.98 Å². The highest BCUT2D eigenvalue weighted by Gasteiger charge is 2.48. The number of aromatic nitrogens is 2. The molecule has 2 heterocycles. The van der Waals surface area contributed by atoms with Gasteiger partial charge in [-0.05, 0) is 48.9 Å². The third kappa shape index (κ3) is 6.36. The number of fused-ring (bicyclic) bond motifs is 1. The number of carbonyl (C=O) groups excluding carboxylic acids is 4. The monoisotopic (exact) mass is 609 g/mol. The van der Waals surface area contributed by atoms with E-state index in [-0.39, 0.29) is 62.3 Å². The quantitative estimate of drug-likeness (QED) is 0.149. The van der Waals surface area contributed by atoms with Crippen LogP contribution in [0, 0.1) is 0 Å². The van der Waals surface area contributed by atoms with Crippen molar-refractivity contribution in [2.75, 3.05) is 32.6 Å². The molecular weight excluding hydrogens is 562 g/mol. The molecule has 11 heteroatoms. The summed E-state index contributed by atoms with van der Waals surface area (Å²) in [5.41, 5.74) is 1.05. The van der Waals surface area contributed by atoms with Gasteiger partial charge in [0.15, 0.2) is 17.7 Å². The van der Waals surface area contributed by atoms with Gasteiger partial charge >= 0.3 is 11.8 Å². The van der Waals surface area contributed by atoms with Crippen molar-refractivity contribution in [2.24, 2.45) is 0 Å². The predicted octanol–water partition coefficient (Wildman–Crippen LogP) is 5.62. The van der Waals surface area contributed by atoms with Crippen LogP contribution in [0.4, 0.5) is 5.82 Å². The Labute approximate surface area is 256 Å². The van der Waals surface area contributed by atoms with E-state index < -0.39 is 20.1 Å². The first-order chi connectivity index (χ1) is 20.2. The third-order valence-electron chi connectivity index (χ3n) is 8.67. The van der Waals surface area contributed by atoms with Crippen molar-refractivity contribution in [1.82, 2.24) is 19.8 Å². The van der Waals surface area contributed by atoms with Crippen LogP contribution >= 0.6 is 0 Å². The van der Waals surface area contributed by atoms with E-state index in [1.165, 1.54) is 38.3 Å². The number of rotatable bonds is 10. The lowest BCUT2D eigenvalue weighted by Gasteiger charge is -2.43. The number of carbonyl (C=O) groups is 4. The molecule has 43 heavy (non-hydrogen) atoms. The molecule has 1 aliphatic carbocycles. The molecule has 1 aliphatic rings. The zero-order valence-electron chi connectivity index (χ0n) is 27.3. The third-order valence-corrected chi connectivity index (χ3v) is 14.6. The smallest absolute Gasteiger partial charge is 0.317 e. The number of aldehydes is 1. The summed E-state index contributed by atoms with van der Waals surface area (Å²) >= 11 is 0. The molecule has 0 N–H and O–H groups in total. The number of hydrogen-bond donors (Lipinski definition) is 0. The fraction of sp³-hybridized carbons (Fsp3) is 0.562. The van der Waals surface area contributed by atoms with Crippen LogP contribution in [0.2, 0.25) is 16.6 Å². The second-order valence-corrected chi connectivity index (χ2v) is 17.7. The van der Waals surface area contributed by atoms with Crippen molar-refractivity contribution in [3.8, 4) is 5.75 Å². The van der Waals surface area contributed by atoms with Crippen molar-refractivity contribution in [1.29, 1.82) is 0 Å². The lowest BCUT2D eigenvalue weighted by atomic mass is 9.99. The molecule has 0 aliphatic heterocycles. The maximum absolute atomic E-state index is 14.6. The molecule has 0 aromatic carbocycles. The Morgan fingerprint density at radius 3 is 2.14 bits per heavy atom. The summed E-state index contributed by atoms with van der Waals surface area (Å²) in [6, 6.07) is 1.50. The Hall–Kier alpha value is -3.60. The minimum absolute atomic E-state index is 0.00611. The molecule has 1 atom stereocenters. The molecule has 0 saturated carbocycles. The van der Waals surface area contributed by atoms with Crippen LogP contribution in [0.1, 0.15) is 88.6 Å². The molecule has 3 amide bonds. The lowest BCUT2D eigenvalue weighted by molar-refractivity contribution is -0.142. The normalized spacial score (nSPS) is 15.2. The zero-order valence-corrected chi connectivity index (χ0v) is 28.3. The minimum Gasteiger partial charge on any atom is -0.540 e. The highest BCUT2D eigenvalue weighted by molar-refractivity contribution is 6.78. The van der Waals surface area contributed by atoms with Gasteiger partial charge in [0.25, 0.3) is 14.2 Å². The van der Waals surface area contributed by atoms with Crippen molar-refractivity contribution in [2.45, 2.75) is 90.4 Å². The van der Waals surface area contributed by atoms with Gasteiger partial charge in [0.2, 0.25) is 0 Å². The van der Waals surface area contributed by atoms with E-state index in [0.29, 0.717) is 12.8 Å². The number of nitrogens with zero attached hydrogens (tertiary/aromatic N) is 5. The summed E-state index contributed by atoms with van der Waals surface area (Å²) in [7, 11) is 1.72. The summed E-state index contributed by atoms with van der Waals surface area (Å²) < 4.78 is 7.17. The second-order valence-electron chi connectivity index (χ2n) is 12.4. The number of anilines is 1. The number of allylic oxidation sites excluding steroid dienone is 1. The average Bonchev–Trinajstić information content (AvgIpc) is 2.98. The maximum atomic E-state index is 14.6. The number of likely N-dealkylation sites (N-methyl/N-ethyl adjacent to an activating group) is 2. The van der Waals surface area contributed by atoms with Crippen LogP contribution in [0.25, 0.3) is 10.9 Å². The number of amides is 3. The van der Waals surface area contributed by atoms with Crippen LogP contribution in [0.5, 0.6) is 5.75 Å². The first-order valence-corrected chi connectivity index (χ1v) is 17.3. The Morgan fingerprint density at radius 2 is 1.65 bits per heavy atom. The Morgan fingerprint density at radius 1 is 1.02 bits per heavy atom. The summed E-state index contributed by atoms with van der Waals surface area (Å²) in [5, 5.41) is 0.259. The van der Waals surface area contributed by atoms with Crippen LogP contribution in [-0.4, -0.2) is 85.8 Å². The van der Waals surface area contributed by atoms with E-state index in [1.807, 2.05) is 6.92 Å². The number of hydrogen-bond acceptors (Lipinski definition) is 7. The first-order valence-electron chi connectivity index (χ1n) is 15.2. The van der Waals surface area contributed by atoms with Crippen molar-refractivity contribution in [3.63, 3.8) is 0 Å². The van der Waals surface area contributed by atoms with Gasteiger partial charge in [-0.2, -0.15) is 0 Å². The van der Waals surface area contributed by atoms with Gasteiger partial charge in [-0.1, -0.05) is 53.7 Å². The Kier molecular flexibility index (Phi) is 10.9. The van der Waals surface area contributed by atoms with Crippen molar-refractivity contribution in [3.05, 3.63) is 35.7 Å². The van der Waals surface area contributed by atoms with Crippen molar-refractivity contribution < 1.29 is 23.6 Å². The van der Waals surface area contributed by atoms with Crippen LogP contribution in [0.3, 0.4) is 0 Å². The van der Waals surface area contributed by atoms with Crippen molar-refractivity contribution >= 4 is 49.0 Å². The fourth-order valence-electron chi connectivity index (χ4n) is 6.52. The summed E-state index contributed by atoms with van der Waals surface area (Å²) in [6.07, 6.45) is 8.78. The van der Waals surface area contributed by atoms with E-state index in [0.717, 1.165) is 24.2 Å². The van der Waals surface area contributed by atoms with Gasteiger partial charge in [0.05, 0.1) is 5.39 Å². The van der Waals surface area contributed by atoms with Gasteiger partial charge in [-0.15, -0.1) is 0 Å². The molecule has 0 radical (unpaired) electrons. The molecule has 3 rings (SSSR count). The molecule has 10 nitrogen and oxygen atoms in total. The summed E-state index contributed by atoms with van der Waals surface area (Å²) in [4.78, 5) is 66.5. The maximum Gasteiger partial charge on any atom is 0.317 e. The molecule has 0 fully saturated rings. The summed E-state index contributed by atoms with van der Waals surface area (Å²) in [5.74, 6) is -1.71. The molecule has 0 bridgehead atoms. The molecule has 1 unspecified atom stereocenters.